The number of hydrogen-bond donors (Lipinski definition) is 1. The van der Waals surface area contributed by atoms with Crippen molar-refractivity contribution < 1.29 is 4.74 Å². The molecule has 2 rings (SSSR count). The van der Waals surface area contributed by atoms with E-state index in [0.717, 1.165) is 25.0 Å². The minimum atomic E-state index is 0.487. The molecular weight excluding hydrogens is 222 g/mol. The Labute approximate surface area is 113 Å². The molecule has 1 N–H and O–H groups in total. The summed E-state index contributed by atoms with van der Waals surface area (Å²) < 4.78 is 6.06. The van der Waals surface area contributed by atoms with Crippen LogP contribution in [-0.4, -0.2) is 25.3 Å². The van der Waals surface area contributed by atoms with Crippen molar-refractivity contribution in [2.45, 2.75) is 77.4 Å². The van der Waals surface area contributed by atoms with Gasteiger partial charge in [0.05, 0.1) is 6.10 Å². The molecule has 0 amide bonds. The van der Waals surface area contributed by atoms with Crippen LogP contribution < -0.4 is 5.32 Å². The zero-order chi connectivity index (χ0) is 12.8. The smallest absolute Gasteiger partial charge is 0.0730 e. The van der Waals surface area contributed by atoms with Crippen molar-refractivity contribution in [3.63, 3.8) is 0 Å². The third-order valence-electron chi connectivity index (χ3n) is 4.73. The molecule has 4 unspecified atom stereocenters. The van der Waals surface area contributed by atoms with Crippen molar-refractivity contribution in [1.82, 2.24) is 5.32 Å². The normalized spacial score (nSPS) is 35.3. The van der Waals surface area contributed by atoms with Crippen molar-refractivity contribution in [3.05, 3.63) is 0 Å². The first-order valence-corrected chi connectivity index (χ1v) is 8.16. The molecule has 2 fully saturated rings. The van der Waals surface area contributed by atoms with Crippen molar-refractivity contribution in [2.75, 3.05) is 13.2 Å². The van der Waals surface area contributed by atoms with Crippen molar-refractivity contribution in [2.24, 2.45) is 11.8 Å². The van der Waals surface area contributed by atoms with E-state index >= 15 is 0 Å². The van der Waals surface area contributed by atoms with Gasteiger partial charge in [-0.3, -0.25) is 0 Å². The fourth-order valence-corrected chi connectivity index (χ4v) is 3.77. The number of ether oxygens (including phenoxy) is 1. The lowest BCUT2D eigenvalue weighted by Gasteiger charge is -2.39. The SMILES string of the molecule is CCCNC(C1CCCC(C)C1)C1CCCCO1. The Morgan fingerprint density at radius 3 is 2.72 bits per heavy atom. The highest BCUT2D eigenvalue weighted by Gasteiger charge is 2.33. The van der Waals surface area contributed by atoms with E-state index in [-0.39, 0.29) is 0 Å². The van der Waals surface area contributed by atoms with Gasteiger partial charge >= 0.3 is 0 Å². The van der Waals surface area contributed by atoms with Crippen LogP contribution >= 0.6 is 0 Å². The molecule has 0 aromatic heterocycles. The molecule has 0 spiro atoms. The Hall–Kier alpha value is -0.0800. The predicted octanol–water partition coefficient (Wildman–Crippen LogP) is 3.75. The lowest BCUT2D eigenvalue weighted by molar-refractivity contribution is -0.0274. The summed E-state index contributed by atoms with van der Waals surface area (Å²) >= 11 is 0. The van der Waals surface area contributed by atoms with E-state index in [2.05, 4.69) is 19.2 Å². The summed E-state index contributed by atoms with van der Waals surface area (Å²) in [7, 11) is 0. The first kappa shape index (κ1) is 14.3. The molecule has 18 heavy (non-hydrogen) atoms. The molecule has 0 aromatic rings. The van der Waals surface area contributed by atoms with Crippen LogP contribution in [0.3, 0.4) is 0 Å². The molecule has 0 radical (unpaired) electrons. The zero-order valence-corrected chi connectivity index (χ0v) is 12.3. The van der Waals surface area contributed by atoms with Crippen molar-refractivity contribution in [1.29, 1.82) is 0 Å². The van der Waals surface area contributed by atoms with Gasteiger partial charge in [0.2, 0.25) is 0 Å². The fraction of sp³-hybridized carbons (Fsp3) is 1.00. The maximum atomic E-state index is 6.06. The van der Waals surface area contributed by atoms with Crippen LogP contribution in [-0.2, 0) is 4.74 Å². The van der Waals surface area contributed by atoms with E-state index < -0.39 is 0 Å². The van der Waals surface area contributed by atoms with Crippen molar-refractivity contribution >= 4 is 0 Å². The molecule has 2 heteroatoms. The van der Waals surface area contributed by atoms with Gasteiger partial charge in [-0.1, -0.05) is 26.7 Å². The van der Waals surface area contributed by atoms with Gasteiger partial charge in [0.1, 0.15) is 0 Å². The number of hydrogen-bond acceptors (Lipinski definition) is 2. The molecule has 1 saturated carbocycles. The van der Waals surface area contributed by atoms with Crippen LogP contribution in [0.4, 0.5) is 0 Å². The van der Waals surface area contributed by atoms with Gasteiger partial charge in [0, 0.05) is 12.6 Å². The molecule has 1 saturated heterocycles. The summed E-state index contributed by atoms with van der Waals surface area (Å²) in [5, 5.41) is 3.80. The Balaban J connectivity index is 1.93. The van der Waals surface area contributed by atoms with Crippen LogP contribution in [0.1, 0.15) is 65.2 Å². The van der Waals surface area contributed by atoms with Gasteiger partial charge in [-0.2, -0.15) is 0 Å². The van der Waals surface area contributed by atoms with Crippen LogP contribution in [0, 0.1) is 11.8 Å². The molecule has 2 nitrogen and oxygen atoms in total. The summed E-state index contributed by atoms with van der Waals surface area (Å²) in [5.74, 6) is 1.77. The third-order valence-corrected chi connectivity index (χ3v) is 4.73. The highest BCUT2D eigenvalue weighted by atomic mass is 16.5. The third kappa shape index (κ3) is 3.96. The van der Waals surface area contributed by atoms with Gasteiger partial charge in [0.25, 0.3) is 0 Å². The lowest BCUT2D eigenvalue weighted by Crippen LogP contribution is -2.49. The number of nitrogens with one attached hydrogen (secondary N) is 1. The van der Waals surface area contributed by atoms with Crippen LogP contribution in [0.2, 0.25) is 0 Å². The van der Waals surface area contributed by atoms with Gasteiger partial charge < -0.3 is 10.1 Å². The highest BCUT2D eigenvalue weighted by Crippen LogP contribution is 2.34. The van der Waals surface area contributed by atoms with E-state index in [1.807, 2.05) is 0 Å². The quantitative estimate of drug-likeness (QED) is 0.805. The van der Waals surface area contributed by atoms with E-state index in [1.165, 1.54) is 51.4 Å². The second-order valence-corrected chi connectivity index (χ2v) is 6.42. The standard InChI is InChI=1S/C16H31NO/c1-3-10-17-16(15-9-4-5-11-18-15)14-8-6-7-13(2)12-14/h13-17H,3-12H2,1-2H3. The summed E-state index contributed by atoms with van der Waals surface area (Å²) in [6.07, 6.45) is 11.3. The molecule has 0 aromatic carbocycles. The molecule has 1 aliphatic carbocycles. The van der Waals surface area contributed by atoms with Gasteiger partial charge in [-0.15, -0.1) is 0 Å². The Morgan fingerprint density at radius 2 is 2.06 bits per heavy atom. The Morgan fingerprint density at radius 1 is 1.17 bits per heavy atom. The zero-order valence-electron chi connectivity index (χ0n) is 12.3. The average Bonchev–Trinajstić information content (AvgIpc) is 2.40. The maximum absolute atomic E-state index is 6.06. The minimum absolute atomic E-state index is 0.487. The van der Waals surface area contributed by atoms with Gasteiger partial charge in [0.15, 0.2) is 0 Å². The lowest BCUT2D eigenvalue weighted by atomic mass is 9.76. The van der Waals surface area contributed by atoms with E-state index in [0.29, 0.717) is 12.1 Å². The second-order valence-electron chi connectivity index (χ2n) is 6.42. The largest absolute Gasteiger partial charge is 0.377 e. The first-order valence-electron chi connectivity index (χ1n) is 8.16. The van der Waals surface area contributed by atoms with Crippen LogP contribution in [0.5, 0.6) is 0 Å². The topological polar surface area (TPSA) is 21.3 Å². The van der Waals surface area contributed by atoms with Crippen molar-refractivity contribution in [3.8, 4) is 0 Å². The van der Waals surface area contributed by atoms with Crippen LogP contribution in [0.15, 0.2) is 0 Å². The summed E-state index contributed by atoms with van der Waals surface area (Å²) in [6.45, 7) is 6.81. The molecule has 0 bridgehead atoms. The average molecular weight is 253 g/mol. The minimum Gasteiger partial charge on any atom is -0.377 e. The van der Waals surface area contributed by atoms with E-state index in [9.17, 15) is 0 Å². The molecule has 1 heterocycles. The first-order chi connectivity index (χ1) is 8.81. The Bertz CT molecular complexity index is 225. The van der Waals surface area contributed by atoms with Crippen LogP contribution in [0.25, 0.3) is 0 Å². The van der Waals surface area contributed by atoms with E-state index in [1.54, 1.807) is 0 Å². The number of rotatable bonds is 5. The summed E-state index contributed by atoms with van der Waals surface area (Å²) in [4.78, 5) is 0. The predicted molar refractivity (Wildman–Crippen MR) is 76.8 cm³/mol. The maximum Gasteiger partial charge on any atom is 0.0730 e. The molecule has 4 atom stereocenters. The second kappa shape index (κ2) is 7.49. The molecule has 106 valence electrons. The summed E-state index contributed by atoms with van der Waals surface area (Å²) in [5.41, 5.74) is 0. The van der Waals surface area contributed by atoms with E-state index in [4.69, 9.17) is 4.74 Å². The monoisotopic (exact) mass is 253 g/mol. The molecule has 1 aliphatic heterocycles. The van der Waals surface area contributed by atoms with Gasteiger partial charge in [-0.05, 0) is 56.9 Å². The summed E-state index contributed by atoms with van der Waals surface area (Å²) in [6, 6.07) is 0.619. The Kier molecular flexibility index (Phi) is 5.97. The van der Waals surface area contributed by atoms with Gasteiger partial charge in [-0.25, -0.2) is 0 Å². The molecule has 2 aliphatic rings. The molecular formula is C16H31NO. The highest BCUT2D eigenvalue weighted by molar-refractivity contribution is 4.88. The fourth-order valence-electron chi connectivity index (χ4n) is 3.77.